The summed E-state index contributed by atoms with van der Waals surface area (Å²) in [7, 11) is 0. The van der Waals surface area contributed by atoms with Gasteiger partial charge in [0.2, 0.25) is 5.91 Å². The lowest BCUT2D eigenvalue weighted by molar-refractivity contribution is -0.115. The number of carbonyl (C=O) groups excluding carboxylic acids is 2. The van der Waals surface area contributed by atoms with E-state index in [0.717, 1.165) is 5.56 Å². The number of carbonyl (C=O) groups is 2. The van der Waals surface area contributed by atoms with Crippen molar-refractivity contribution in [1.82, 2.24) is 0 Å². The van der Waals surface area contributed by atoms with E-state index >= 15 is 0 Å². The minimum absolute atomic E-state index is 0.0869. The van der Waals surface area contributed by atoms with Crippen molar-refractivity contribution in [2.75, 3.05) is 17.2 Å². The molecular formula is C19H22N2O3. The predicted octanol–water partition coefficient (Wildman–Crippen LogP) is 3.82. The van der Waals surface area contributed by atoms with E-state index < -0.39 is 0 Å². The maximum Gasteiger partial charge on any atom is 0.255 e. The molecule has 0 fully saturated rings. The Balaban J connectivity index is 2.07. The number of hydrogen-bond acceptors (Lipinski definition) is 3. The summed E-state index contributed by atoms with van der Waals surface area (Å²) >= 11 is 0. The van der Waals surface area contributed by atoms with Crippen molar-refractivity contribution < 1.29 is 14.3 Å². The van der Waals surface area contributed by atoms with Crippen molar-refractivity contribution in [3.63, 3.8) is 0 Å². The quantitative estimate of drug-likeness (QED) is 0.812. The van der Waals surface area contributed by atoms with Gasteiger partial charge in [-0.3, -0.25) is 9.59 Å². The first kappa shape index (κ1) is 17.7. The molecular weight excluding hydrogens is 304 g/mol. The summed E-state index contributed by atoms with van der Waals surface area (Å²) in [5, 5.41) is 5.61. The molecule has 0 atom stereocenters. The monoisotopic (exact) mass is 326 g/mol. The maximum absolute atomic E-state index is 12.4. The number of benzene rings is 2. The molecule has 0 unspecified atom stereocenters. The largest absolute Gasteiger partial charge is 0.377 e. The van der Waals surface area contributed by atoms with Gasteiger partial charge in [0, 0.05) is 30.0 Å². The molecule has 0 saturated heterocycles. The van der Waals surface area contributed by atoms with Crippen molar-refractivity contribution >= 4 is 23.2 Å². The van der Waals surface area contributed by atoms with Crippen LogP contribution < -0.4 is 10.6 Å². The molecule has 5 heteroatoms. The van der Waals surface area contributed by atoms with E-state index in [1.165, 1.54) is 0 Å². The smallest absolute Gasteiger partial charge is 0.255 e. The molecule has 126 valence electrons. The average Bonchev–Trinajstić information content (AvgIpc) is 2.60. The van der Waals surface area contributed by atoms with Gasteiger partial charge in [-0.15, -0.1) is 0 Å². The van der Waals surface area contributed by atoms with Crippen LogP contribution in [0.25, 0.3) is 0 Å². The molecule has 0 heterocycles. The second kappa shape index (κ2) is 8.84. The lowest BCUT2D eigenvalue weighted by atomic mass is 10.1. The Bertz CT molecular complexity index is 713. The Morgan fingerprint density at radius 1 is 0.958 bits per heavy atom. The zero-order valence-corrected chi connectivity index (χ0v) is 14.0. The van der Waals surface area contributed by atoms with Crippen LogP contribution in [0.2, 0.25) is 0 Å². The van der Waals surface area contributed by atoms with Crippen molar-refractivity contribution in [1.29, 1.82) is 0 Å². The SMILES string of the molecule is CCOCc1cccc(NC(=O)c2cccc(NC(=O)CC)c2)c1. The van der Waals surface area contributed by atoms with Crippen molar-refractivity contribution in [2.45, 2.75) is 26.9 Å². The average molecular weight is 326 g/mol. The predicted molar refractivity (Wildman–Crippen MR) is 95.1 cm³/mol. The van der Waals surface area contributed by atoms with Crippen LogP contribution in [0.15, 0.2) is 48.5 Å². The lowest BCUT2D eigenvalue weighted by Gasteiger charge is -2.09. The summed E-state index contributed by atoms with van der Waals surface area (Å²) in [4.78, 5) is 23.8. The fourth-order valence-electron chi connectivity index (χ4n) is 2.15. The van der Waals surface area contributed by atoms with Crippen molar-refractivity contribution in [2.24, 2.45) is 0 Å². The van der Waals surface area contributed by atoms with Gasteiger partial charge in [-0.25, -0.2) is 0 Å². The number of hydrogen-bond donors (Lipinski definition) is 2. The standard InChI is InChI=1S/C19H22N2O3/c1-3-18(22)20-17-10-6-8-15(12-17)19(23)21-16-9-5-7-14(11-16)13-24-4-2/h5-12H,3-4,13H2,1-2H3,(H,20,22)(H,21,23). The van der Waals surface area contributed by atoms with E-state index in [9.17, 15) is 9.59 Å². The third-order valence-corrected chi connectivity index (χ3v) is 3.39. The summed E-state index contributed by atoms with van der Waals surface area (Å²) in [6.45, 7) is 4.88. The zero-order chi connectivity index (χ0) is 17.4. The molecule has 0 aliphatic carbocycles. The van der Waals surface area contributed by atoms with Gasteiger partial charge in [0.25, 0.3) is 5.91 Å². The summed E-state index contributed by atoms with van der Waals surface area (Å²) < 4.78 is 5.37. The van der Waals surface area contributed by atoms with Crippen LogP contribution in [-0.2, 0) is 16.1 Å². The highest BCUT2D eigenvalue weighted by atomic mass is 16.5. The first-order valence-corrected chi connectivity index (χ1v) is 8.00. The molecule has 5 nitrogen and oxygen atoms in total. The summed E-state index contributed by atoms with van der Waals surface area (Å²) in [6, 6.07) is 14.4. The topological polar surface area (TPSA) is 67.4 Å². The molecule has 24 heavy (non-hydrogen) atoms. The Labute approximate surface area is 142 Å². The van der Waals surface area contributed by atoms with Crippen LogP contribution in [0, 0.1) is 0 Å². The molecule has 0 saturated carbocycles. The van der Waals surface area contributed by atoms with Crippen LogP contribution in [-0.4, -0.2) is 18.4 Å². The highest BCUT2D eigenvalue weighted by Crippen LogP contribution is 2.15. The number of ether oxygens (including phenoxy) is 1. The van der Waals surface area contributed by atoms with E-state index in [2.05, 4.69) is 10.6 Å². The first-order chi connectivity index (χ1) is 11.6. The van der Waals surface area contributed by atoms with Gasteiger partial charge < -0.3 is 15.4 Å². The van der Waals surface area contributed by atoms with Gasteiger partial charge in [0.1, 0.15) is 0 Å². The fraction of sp³-hybridized carbons (Fsp3) is 0.263. The summed E-state index contributed by atoms with van der Waals surface area (Å²) in [5.41, 5.74) is 2.80. The second-order valence-electron chi connectivity index (χ2n) is 5.27. The lowest BCUT2D eigenvalue weighted by Crippen LogP contribution is -2.14. The Kier molecular flexibility index (Phi) is 6.51. The van der Waals surface area contributed by atoms with E-state index in [0.29, 0.717) is 36.6 Å². The number of anilines is 2. The molecule has 2 aromatic rings. The van der Waals surface area contributed by atoms with Crippen molar-refractivity contribution in [3.05, 3.63) is 59.7 Å². The second-order valence-corrected chi connectivity index (χ2v) is 5.27. The third kappa shape index (κ3) is 5.21. The summed E-state index contributed by atoms with van der Waals surface area (Å²) in [6.07, 6.45) is 0.392. The number of rotatable bonds is 7. The molecule has 0 aromatic heterocycles. The normalized spacial score (nSPS) is 10.2. The van der Waals surface area contributed by atoms with Gasteiger partial charge in [0.05, 0.1) is 6.61 Å². The van der Waals surface area contributed by atoms with Crippen molar-refractivity contribution in [3.8, 4) is 0 Å². The zero-order valence-electron chi connectivity index (χ0n) is 14.0. The molecule has 2 amide bonds. The van der Waals surface area contributed by atoms with Gasteiger partial charge in [0.15, 0.2) is 0 Å². The third-order valence-electron chi connectivity index (χ3n) is 3.39. The molecule has 0 bridgehead atoms. The molecule has 2 N–H and O–H groups in total. The van der Waals surface area contributed by atoms with Crippen LogP contribution in [0.1, 0.15) is 36.2 Å². The van der Waals surface area contributed by atoms with Crippen LogP contribution in [0.3, 0.4) is 0 Å². The molecule has 0 radical (unpaired) electrons. The minimum atomic E-state index is -0.226. The molecule has 0 aliphatic rings. The fourth-order valence-corrected chi connectivity index (χ4v) is 2.15. The van der Waals surface area contributed by atoms with Gasteiger partial charge in [-0.1, -0.05) is 25.1 Å². The van der Waals surface area contributed by atoms with E-state index in [4.69, 9.17) is 4.74 Å². The molecule has 2 aromatic carbocycles. The maximum atomic E-state index is 12.4. The minimum Gasteiger partial charge on any atom is -0.377 e. The number of amides is 2. The van der Waals surface area contributed by atoms with Crippen LogP contribution in [0.4, 0.5) is 11.4 Å². The van der Waals surface area contributed by atoms with E-state index in [1.807, 2.05) is 31.2 Å². The molecule has 0 spiro atoms. The number of nitrogens with one attached hydrogen (secondary N) is 2. The highest BCUT2D eigenvalue weighted by molar-refractivity contribution is 6.05. The molecule has 2 rings (SSSR count). The van der Waals surface area contributed by atoms with E-state index in [-0.39, 0.29) is 11.8 Å². The highest BCUT2D eigenvalue weighted by Gasteiger charge is 2.08. The Morgan fingerprint density at radius 2 is 1.67 bits per heavy atom. The van der Waals surface area contributed by atoms with Gasteiger partial charge >= 0.3 is 0 Å². The van der Waals surface area contributed by atoms with Crippen LogP contribution >= 0.6 is 0 Å². The van der Waals surface area contributed by atoms with Gasteiger partial charge in [-0.2, -0.15) is 0 Å². The summed E-state index contributed by atoms with van der Waals surface area (Å²) in [5.74, 6) is -0.313. The first-order valence-electron chi connectivity index (χ1n) is 8.00. The van der Waals surface area contributed by atoms with E-state index in [1.54, 1.807) is 31.2 Å². The van der Waals surface area contributed by atoms with Crippen LogP contribution in [0.5, 0.6) is 0 Å². The Morgan fingerprint density at radius 3 is 2.38 bits per heavy atom. The van der Waals surface area contributed by atoms with Gasteiger partial charge in [-0.05, 0) is 42.8 Å². The Hall–Kier alpha value is -2.66. The molecule has 0 aliphatic heterocycles.